The van der Waals surface area contributed by atoms with Gasteiger partial charge in [0.2, 0.25) is 0 Å². The van der Waals surface area contributed by atoms with E-state index in [9.17, 15) is 5.11 Å². The van der Waals surface area contributed by atoms with Crippen molar-refractivity contribution >= 4 is 0 Å². The molecule has 0 aromatic carbocycles. The number of rotatable bonds is 1. The standard InChI is InChI=1S/C7H12O4/c8-1-4-2-10-7-5(9)3-11-6(4)7/h4-9H,1-3H2/t4?,5?,6-,7-/m1/s1. The number of aliphatic hydroxyl groups excluding tert-OH is 2. The normalized spacial score (nSPS) is 49.6. The average Bonchev–Trinajstić information content (AvgIpc) is 2.53. The zero-order valence-corrected chi connectivity index (χ0v) is 6.14. The highest BCUT2D eigenvalue weighted by atomic mass is 16.6. The SMILES string of the molecule is OCC1CO[C@@H]2C(O)CO[C@H]12. The minimum atomic E-state index is -0.503. The summed E-state index contributed by atoms with van der Waals surface area (Å²) in [7, 11) is 0. The molecule has 2 fully saturated rings. The van der Waals surface area contributed by atoms with Crippen LogP contribution in [-0.2, 0) is 9.47 Å². The van der Waals surface area contributed by atoms with Crippen molar-refractivity contribution in [2.45, 2.75) is 18.3 Å². The number of hydrogen-bond acceptors (Lipinski definition) is 4. The van der Waals surface area contributed by atoms with Gasteiger partial charge < -0.3 is 19.7 Å². The summed E-state index contributed by atoms with van der Waals surface area (Å²) in [6.45, 7) is 0.919. The summed E-state index contributed by atoms with van der Waals surface area (Å²) in [6, 6.07) is 0. The van der Waals surface area contributed by atoms with Gasteiger partial charge in [-0.05, 0) is 0 Å². The van der Waals surface area contributed by atoms with E-state index >= 15 is 0 Å². The number of ether oxygens (including phenoxy) is 2. The van der Waals surface area contributed by atoms with Gasteiger partial charge in [-0.25, -0.2) is 0 Å². The van der Waals surface area contributed by atoms with Crippen LogP contribution in [0, 0.1) is 5.92 Å². The van der Waals surface area contributed by atoms with Crippen molar-refractivity contribution in [2.75, 3.05) is 19.8 Å². The first-order valence-corrected chi connectivity index (χ1v) is 3.85. The van der Waals surface area contributed by atoms with Crippen molar-refractivity contribution in [3.05, 3.63) is 0 Å². The van der Waals surface area contributed by atoms with E-state index in [0.717, 1.165) is 0 Å². The first-order chi connectivity index (χ1) is 5.33. The molecule has 0 aliphatic carbocycles. The van der Waals surface area contributed by atoms with Gasteiger partial charge in [0, 0.05) is 5.92 Å². The fraction of sp³-hybridized carbons (Fsp3) is 1.00. The third-order valence-corrected chi connectivity index (χ3v) is 2.36. The van der Waals surface area contributed by atoms with Gasteiger partial charge in [-0.3, -0.25) is 0 Å². The van der Waals surface area contributed by atoms with E-state index in [0.29, 0.717) is 13.2 Å². The Morgan fingerprint density at radius 2 is 1.91 bits per heavy atom. The molecule has 4 atom stereocenters. The number of aliphatic hydroxyl groups is 2. The lowest BCUT2D eigenvalue weighted by Gasteiger charge is -2.12. The van der Waals surface area contributed by atoms with Gasteiger partial charge in [0.05, 0.1) is 25.9 Å². The van der Waals surface area contributed by atoms with Gasteiger partial charge >= 0.3 is 0 Å². The Bertz CT molecular complexity index is 149. The molecule has 64 valence electrons. The maximum atomic E-state index is 9.28. The summed E-state index contributed by atoms with van der Waals surface area (Å²) >= 11 is 0. The highest BCUT2D eigenvalue weighted by molar-refractivity contribution is 4.93. The third-order valence-electron chi connectivity index (χ3n) is 2.36. The second kappa shape index (κ2) is 2.71. The van der Waals surface area contributed by atoms with Gasteiger partial charge in [-0.15, -0.1) is 0 Å². The van der Waals surface area contributed by atoms with E-state index in [4.69, 9.17) is 14.6 Å². The monoisotopic (exact) mass is 160 g/mol. The Hall–Kier alpha value is -0.160. The van der Waals surface area contributed by atoms with E-state index in [2.05, 4.69) is 0 Å². The van der Waals surface area contributed by atoms with Crippen LogP contribution in [0.15, 0.2) is 0 Å². The van der Waals surface area contributed by atoms with Gasteiger partial charge in [0.15, 0.2) is 0 Å². The lowest BCUT2D eigenvalue weighted by atomic mass is 10.0. The van der Waals surface area contributed by atoms with E-state index in [-0.39, 0.29) is 24.7 Å². The highest BCUT2D eigenvalue weighted by Gasteiger charge is 2.46. The second-order valence-electron chi connectivity index (χ2n) is 3.11. The summed E-state index contributed by atoms with van der Waals surface area (Å²) in [5.41, 5.74) is 0. The minimum absolute atomic E-state index is 0.0529. The summed E-state index contributed by atoms with van der Waals surface area (Å²) in [5, 5.41) is 18.1. The molecule has 0 saturated carbocycles. The molecule has 2 aliphatic heterocycles. The first kappa shape index (κ1) is 7.49. The molecule has 0 aromatic heterocycles. The Labute approximate surface area is 64.7 Å². The van der Waals surface area contributed by atoms with Crippen molar-refractivity contribution in [2.24, 2.45) is 5.92 Å². The maximum Gasteiger partial charge on any atom is 0.112 e. The molecule has 0 spiro atoms. The Kier molecular flexibility index (Phi) is 1.85. The van der Waals surface area contributed by atoms with E-state index in [1.807, 2.05) is 0 Å². The maximum absolute atomic E-state index is 9.28. The molecule has 0 bridgehead atoms. The molecule has 4 heteroatoms. The summed E-state index contributed by atoms with van der Waals surface area (Å²) in [4.78, 5) is 0. The summed E-state index contributed by atoms with van der Waals surface area (Å²) < 4.78 is 10.5. The van der Waals surface area contributed by atoms with Gasteiger partial charge in [0.25, 0.3) is 0 Å². The van der Waals surface area contributed by atoms with Crippen LogP contribution in [0.25, 0.3) is 0 Å². The molecule has 2 N–H and O–H groups in total. The summed E-state index contributed by atoms with van der Waals surface area (Å²) in [6.07, 6.45) is -0.793. The molecular formula is C7H12O4. The van der Waals surface area contributed by atoms with Crippen LogP contribution in [0.2, 0.25) is 0 Å². The first-order valence-electron chi connectivity index (χ1n) is 3.85. The van der Waals surface area contributed by atoms with Crippen molar-refractivity contribution in [3.8, 4) is 0 Å². The number of hydrogen-bond donors (Lipinski definition) is 2. The molecule has 2 saturated heterocycles. The van der Waals surface area contributed by atoms with Gasteiger partial charge in [-0.1, -0.05) is 0 Å². The van der Waals surface area contributed by atoms with Gasteiger partial charge in [-0.2, -0.15) is 0 Å². The van der Waals surface area contributed by atoms with Crippen LogP contribution in [0.4, 0.5) is 0 Å². The van der Waals surface area contributed by atoms with Crippen molar-refractivity contribution in [3.63, 3.8) is 0 Å². The van der Waals surface area contributed by atoms with Crippen LogP contribution in [0.5, 0.6) is 0 Å². The lowest BCUT2D eigenvalue weighted by Crippen LogP contribution is -2.29. The number of fused-ring (bicyclic) bond motifs is 1. The Morgan fingerprint density at radius 3 is 2.64 bits per heavy atom. The van der Waals surface area contributed by atoms with Crippen LogP contribution in [-0.4, -0.2) is 48.3 Å². The molecule has 4 nitrogen and oxygen atoms in total. The van der Waals surface area contributed by atoms with E-state index in [1.165, 1.54) is 0 Å². The van der Waals surface area contributed by atoms with Crippen molar-refractivity contribution in [1.82, 2.24) is 0 Å². The van der Waals surface area contributed by atoms with E-state index in [1.54, 1.807) is 0 Å². The van der Waals surface area contributed by atoms with Crippen molar-refractivity contribution in [1.29, 1.82) is 0 Å². The molecule has 2 rings (SSSR count). The molecule has 2 unspecified atom stereocenters. The van der Waals surface area contributed by atoms with Crippen molar-refractivity contribution < 1.29 is 19.7 Å². The topological polar surface area (TPSA) is 58.9 Å². The molecule has 2 heterocycles. The molecule has 0 aromatic rings. The zero-order valence-electron chi connectivity index (χ0n) is 6.14. The average molecular weight is 160 g/mol. The van der Waals surface area contributed by atoms with Crippen LogP contribution in [0.3, 0.4) is 0 Å². The Balaban J connectivity index is 2.04. The second-order valence-corrected chi connectivity index (χ2v) is 3.11. The Morgan fingerprint density at radius 1 is 1.18 bits per heavy atom. The predicted octanol–water partition coefficient (Wildman–Crippen LogP) is -1.25. The zero-order chi connectivity index (χ0) is 7.84. The molecule has 0 amide bonds. The quantitative estimate of drug-likeness (QED) is 0.503. The highest BCUT2D eigenvalue weighted by Crippen LogP contribution is 2.30. The fourth-order valence-corrected chi connectivity index (χ4v) is 1.71. The minimum Gasteiger partial charge on any atom is -0.396 e. The fourth-order valence-electron chi connectivity index (χ4n) is 1.71. The predicted molar refractivity (Wildman–Crippen MR) is 36.1 cm³/mol. The third kappa shape index (κ3) is 1.06. The molecule has 0 radical (unpaired) electrons. The molecule has 11 heavy (non-hydrogen) atoms. The molecule has 2 aliphatic rings. The van der Waals surface area contributed by atoms with E-state index < -0.39 is 6.10 Å². The van der Waals surface area contributed by atoms with Crippen LogP contribution >= 0.6 is 0 Å². The van der Waals surface area contributed by atoms with Crippen LogP contribution in [0.1, 0.15) is 0 Å². The summed E-state index contributed by atoms with van der Waals surface area (Å²) in [5.74, 6) is 0.0529. The molecular weight excluding hydrogens is 148 g/mol. The lowest BCUT2D eigenvalue weighted by molar-refractivity contribution is 0.0146. The van der Waals surface area contributed by atoms with Gasteiger partial charge in [0.1, 0.15) is 12.2 Å². The largest absolute Gasteiger partial charge is 0.396 e. The smallest absolute Gasteiger partial charge is 0.112 e. The van der Waals surface area contributed by atoms with Crippen LogP contribution < -0.4 is 0 Å².